The molecule has 1 N–H and O–H groups in total. The van der Waals surface area contributed by atoms with Crippen LogP contribution in [0.25, 0.3) is 0 Å². The van der Waals surface area contributed by atoms with Crippen LogP contribution in [-0.4, -0.2) is 42.2 Å². The van der Waals surface area contributed by atoms with Crippen molar-refractivity contribution in [2.45, 2.75) is 45.6 Å². The van der Waals surface area contributed by atoms with Crippen LogP contribution in [0.3, 0.4) is 0 Å². The van der Waals surface area contributed by atoms with Crippen LogP contribution in [0, 0.1) is 0 Å². The van der Waals surface area contributed by atoms with Gasteiger partial charge in [0, 0.05) is 12.8 Å². The Kier molecular flexibility index (Phi) is 4.85. The van der Waals surface area contributed by atoms with Gasteiger partial charge in [-0.05, 0) is 12.8 Å². The predicted octanol–water partition coefficient (Wildman–Crippen LogP) is 2.19. The summed E-state index contributed by atoms with van der Waals surface area (Å²) >= 11 is 0. The molecular weight excluding hydrogens is 178 g/mol. The zero-order chi connectivity index (χ0) is 10.4. The summed E-state index contributed by atoms with van der Waals surface area (Å²) < 4.78 is 5.60. The van der Waals surface area contributed by atoms with Crippen molar-refractivity contribution in [2.24, 2.45) is 0 Å². The molecule has 1 rings (SSSR count). The SMILES string of the molecule is CCC[N+](O)(CCC)C1CCOCC1. The molecule has 0 atom stereocenters. The minimum Gasteiger partial charge on any atom is -0.381 e. The Hall–Kier alpha value is -0.120. The van der Waals surface area contributed by atoms with Gasteiger partial charge in [-0.15, -0.1) is 0 Å². The normalized spacial score (nSPS) is 19.9. The van der Waals surface area contributed by atoms with Gasteiger partial charge in [-0.3, -0.25) is 0 Å². The fraction of sp³-hybridized carbons (Fsp3) is 1.00. The third-order valence-corrected chi connectivity index (χ3v) is 3.09. The fourth-order valence-electron chi connectivity index (χ4n) is 2.42. The Morgan fingerprint density at radius 3 is 2.07 bits per heavy atom. The molecule has 0 saturated carbocycles. The first kappa shape index (κ1) is 12.0. The topological polar surface area (TPSA) is 29.5 Å². The molecule has 1 saturated heterocycles. The number of quaternary nitrogens is 1. The van der Waals surface area contributed by atoms with Crippen molar-refractivity contribution in [3.8, 4) is 0 Å². The monoisotopic (exact) mass is 202 g/mol. The van der Waals surface area contributed by atoms with E-state index in [2.05, 4.69) is 13.8 Å². The highest BCUT2D eigenvalue weighted by atomic mass is 16.5. The van der Waals surface area contributed by atoms with Crippen LogP contribution in [0.5, 0.6) is 0 Å². The Morgan fingerprint density at radius 1 is 1.14 bits per heavy atom. The average Bonchev–Trinajstić information content (AvgIpc) is 2.20. The summed E-state index contributed by atoms with van der Waals surface area (Å²) in [4.78, 5) is 0. The van der Waals surface area contributed by atoms with Gasteiger partial charge in [0.25, 0.3) is 0 Å². The van der Waals surface area contributed by atoms with Gasteiger partial charge in [-0.1, -0.05) is 13.8 Å². The third kappa shape index (κ3) is 2.94. The molecular formula is C11H24NO2+. The molecule has 3 heteroatoms. The average molecular weight is 202 g/mol. The summed E-state index contributed by atoms with van der Waals surface area (Å²) in [6.45, 7) is 7.69. The van der Waals surface area contributed by atoms with Gasteiger partial charge in [-0.25, -0.2) is 5.21 Å². The molecule has 0 unspecified atom stereocenters. The highest BCUT2D eigenvalue weighted by Crippen LogP contribution is 2.21. The first-order valence-electron chi connectivity index (χ1n) is 5.90. The maximum Gasteiger partial charge on any atom is 0.123 e. The summed E-state index contributed by atoms with van der Waals surface area (Å²) in [6, 6.07) is 0.406. The summed E-state index contributed by atoms with van der Waals surface area (Å²) in [5.74, 6) is 0. The highest BCUT2D eigenvalue weighted by Gasteiger charge is 2.35. The van der Waals surface area contributed by atoms with Crippen molar-refractivity contribution >= 4 is 0 Å². The van der Waals surface area contributed by atoms with Gasteiger partial charge < -0.3 is 4.74 Å². The molecule has 0 aromatic carbocycles. The number of hydrogen-bond acceptors (Lipinski definition) is 2. The van der Waals surface area contributed by atoms with E-state index < -0.39 is 0 Å². The van der Waals surface area contributed by atoms with Gasteiger partial charge in [-0.2, -0.15) is 4.65 Å². The standard InChI is InChI=1S/C11H24NO2/c1-3-7-12(13,8-4-2)11-5-9-14-10-6-11/h11,13H,3-10H2,1-2H3/q+1. The minimum absolute atomic E-state index is 0.274. The first-order chi connectivity index (χ1) is 6.73. The lowest BCUT2D eigenvalue weighted by Crippen LogP contribution is -2.55. The van der Waals surface area contributed by atoms with E-state index in [1.54, 1.807) is 0 Å². The van der Waals surface area contributed by atoms with Crippen LogP contribution < -0.4 is 0 Å². The molecule has 14 heavy (non-hydrogen) atoms. The Balaban J connectivity index is 2.54. The van der Waals surface area contributed by atoms with E-state index in [-0.39, 0.29) is 4.65 Å². The van der Waals surface area contributed by atoms with Crippen molar-refractivity contribution in [3.05, 3.63) is 0 Å². The fourth-order valence-corrected chi connectivity index (χ4v) is 2.42. The largest absolute Gasteiger partial charge is 0.381 e. The zero-order valence-electron chi connectivity index (χ0n) is 9.54. The van der Waals surface area contributed by atoms with E-state index in [1.165, 1.54) is 0 Å². The molecule has 1 aliphatic heterocycles. The van der Waals surface area contributed by atoms with Gasteiger partial charge >= 0.3 is 0 Å². The van der Waals surface area contributed by atoms with E-state index in [1.807, 2.05) is 0 Å². The molecule has 1 heterocycles. The van der Waals surface area contributed by atoms with Crippen molar-refractivity contribution < 1.29 is 14.6 Å². The van der Waals surface area contributed by atoms with E-state index in [0.29, 0.717) is 6.04 Å². The summed E-state index contributed by atoms with van der Waals surface area (Å²) in [6.07, 6.45) is 4.12. The lowest BCUT2D eigenvalue weighted by molar-refractivity contribution is -1.12. The quantitative estimate of drug-likeness (QED) is 0.547. The third-order valence-electron chi connectivity index (χ3n) is 3.09. The van der Waals surface area contributed by atoms with Crippen LogP contribution in [-0.2, 0) is 4.74 Å². The van der Waals surface area contributed by atoms with E-state index in [9.17, 15) is 5.21 Å². The Labute approximate surface area is 87.2 Å². The summed E-state index contributed by atoms with van der Waals surface area (Å²) in [5, 5.41) is 10.5. The van der Waals surface area contributed by atoms with Crippen LogP contribution >= 0.6 is 0 Å². The van der Waals surface area contributed by atoms with Gasteiger partial charge in [0.15, 0.2) is 0 Å². The number of hydroxylamine groups is 3. The molecule has 1 aliphatic rings. The van der Waals surface area contributed by atoms with Crippen LogP contribution in [0.2, 0.25) is 0 Å². The summed E-state index contributed by atoms with van der Waals surface area (Å²) in [5.41, 5.74) is 0. The lowest BCUT2D eigenvalue weighted by Gasteiger charge is -2.39. The van der Waals surface area contributed by atoms with Gasteiger partial charge in [0.05, 0.1) is 13.2 Å². The maximum absolute atomic E-state index is 10.5. The van der Waals surface area contributed by atoms with E-state index >= 15 is 0 Å². The molecule has 0 amide bonds. The molecule has 0 spiro atoms. The second-order valence-corrected chi connectivity index (χ2v) is 4.28. The van der Waals surface area contributed by atoms with Crippen molar-refractivity contribution in [1.29, 1.82) is 0 Å². The van der Waals surface area contributed by atoms with E-state index in [4.69, 9.17) is 4.74 Å². The van der Waals surface area contributed by atoms with Crippen molar-refractivity contribution in [2.75, 3.05) is 26.3 Å². The second kappa shape index (κ2) is 5.69. The van der Waals surface area contributed by atoms with Crippen LogP contribution in [0.4, 0.5) is 0 Å². The van der Waals surface area contributed by atoms with Gasteiger partial charge in [0.1, 0.15) is 19.1 Å². The Morgan fingerprint density at radius 2 is 1.64 bits per heavy atom. The van der Waals surface area contributed by atoms with E-state index in [0.717, 1.165) is 52.0 Å². The maximum atomic E-state index is 10.5. The zero-order valence-corrected chi connectivity index (χ0v) is 9.54. The smallest absolute Gasteiger partial charge is 0.123 e. The van der Waals surface area contributed by atoms with Crippen LogP contribution in [0.1, 0.15) is 39.5 Å². The lowest BCUT2D eigenvalue weighted by atomic mass is 10.1. The number of hydrogen-bond donors (Lipinski definition) is 1. The molecule has 0 aromatic rings. The molecule has 1 fully saturated rings. The van der Waals surface area contributed by atoms with Crippen molar-refractivity contribution in [3.63, 3.8) is 0 Å². The molecule has 0 aromatic heterocycles. The molecule has 84 valence electrons. The summed E-state index contributed by atoms with van der Waals surface area (Å²) in [7, 11) is 0. The van der Waals surface area contributed by atoms with Crippen molar-refractivity contribution in [1.82, 2.24) is 0 Å². The van der Waals surface area contributed by atoms with Gasteiger partial charge in [0.2, 0.25) is 0 Å². The second-order valence-electron chi connectivity index (χ2n) is 4.28. The Bertz CT molecular complexity index is 149. The molecule has 0 bridgehead atoms. The minimum atomic E-state index is 0.274. The molecule has 0 radical (unpaired) electrons. The molecule has 0 aliphatic carbocycles. The number of rotatable bonds is 5. The number of nitrogens with zero attached hydrogens (tertiary/aromatic N) is 1. The highest BCUT2D eigenvalue weighted by molar-refractivity contribution is 4.62. The number of ether oxygens (including phenoxy) is 1. The van der Waals surface area contributed by atoms with Crippen LogP contribution in [0.15, 0.2) is 0 Å². The predicted molar refractivity (Wildman–Crippen MR) is 56.2 cm³/mol. The molecule has 3 nitrogen and oxygen atoms in total. The first-order valence-corrected chi connectivity index (χ1v) is 5.90.